The summed E-state index contributed by atoms with van der Waals surface area (Å²) in [6.07, 6.45) is 5.67. The van der Waals surface area contributed by atoms with Crippen LogP contribution in [0.25, 0.3) is 22.3 Å². The average molecular weight is 381 g/mol. The van der Waals surface area contributed by atoms with E-state index < -0.39 is 0 Å². The first kappa shape index (κ1) is 20.0. The molecule has 148 valence electrons. The molecule has 2 N–H and O–H groups in total. The maximum atomic E-state index is 12.7. The van der Waals surface area contributed by atoms with E-state index in [1.54, 1.807) is 19.2 Å². The van der Waals surface area contributed by atoms with Crippen molar-refractivity contribution < 1.29 is 13.9 Å². The zero-order chi connectivity index (χ0) is 19.9. The molecule has 0 atom stereocenters. The number of unbranched alkanes of at least 4 members (excludes halogenated alkanes) is 3. The molecule has 2 aromatic carbocycles. The fourth-order valence-electron chi connectivity index (χ4n) is 3.31. The molecule has 0 unspecified atom stereocenters. The van der Waals surface area contributed by atoms with Crippen LogP contribution in [0.5, 0.6) is 11.5 Å². The molecule has 1 heterocycles. The normalized spacial score (nSPS) is 11.0. The van der Waals surface area contributed by atoms with Crippen LogP contribution in [0.15, 0.2) is 51.7 Å². The molecule has 0 radical (unpaired) electrons. The predicted molar refractivity (Wildman–Crippen MR) is 112 cm³/mol. The first-order valence-corrected chi connectivity index (χ1v) is 9.65. The highest BCUT2D eigenvalue weighted by atomic mass is 16.5. The van der Waals surface area contributed by atoms with E-state index in [2.05, 4.69) is 12.1 Å². The van der Waals surface area contributed by atoms with Crippen molar-refractivity contribution in [3.8, 4) is 22.8 Å². The number of ether oxygens (including phenoxy) is 2. The van der Waals surface area contributed by atoms with Crippen LogP contribution in [0.3, 0.4) is 0 Å². The van der Waals surface area contributed by atoms with Crippen molar-refractivity contribution in [1.29, 1.82) is 0 Å². The summed E-state index contributed by atoms with van der Waals surface area (Å²) in [5.41, 5.74) is 7.98. The lowest BCUT2D eigenvalue weighted by Crippen LogP contribution is -2.03. The molecule has 0 amide bonds. The Morgan fingerprint density at radius 3 is 2.36 bits per heavy atom. The standard InChI is InChI=1S/C23H27NO4/c1-26-18-13-21(27-2)23-19(25)15-20(28-22(23)14-18)17-10-8-16(9-11-17)7-5-3-4-6-12-24/h8-11,13-15H,3-7,12,24H2,1-2H3. The van der Waals surface area contributed by atoms with Gasteiger partial charge in [-0.3, -0.25) is 4.79 Å². The van der Waals surface area contributed by atoms with Crippen molar-refractivity contribution in [2.75, 3.05) is 20.8 Å². The highest BCUT2D eigenvalue weighted by Crippen LogP contribution is 2.31. The van der Waals surface area contributed by atoms with E-state index >= 15 is 0 Å². The van der Waals surface area contributed by atoms with E-state index in [1.807, 2.05) is 12.1 Å². The molecule has 0 spiro atoms. The third-order valence-corrected chi connectivity index (χ3v) is 4.88. The molecule has 28 heavy (non-hydrogen) atoms. The van der Waals surface area contributed by atoms with Gasteiger partial charge >= 0.3 is 0 Å². The van der Waals surface area contributed by atoms with Crippen LogP contribution in [0.2, 0.25) is 0 Å². The molecule has 0 saturated carbocycles. The zero-order valence-electron chi connectivity index (χ0n) is 16.5. The first-order chi connectivity index (χ1) is 13.7. The van der Waals surface area contributed by atoms with Crippen LogP contribution in [-0.4, -0.2) is 20.8 Å². The van der Waals surface area contributed by atoms with E-state index in [-0.39, 0.29) is 5.43 Å². The fraction of sp³-hybridized carbons (Fsp3) is 0.348. The van der Waals surface area contributed by atoms with Gasteiger partial charge in [-0.05, 0) is 31.4 Å². The maximum Gasteiger partial charge on any atom is 0.197 e. The molecule has 0 aliphatic carbocycles. The molecule has 5 nitrogen and oxygen atoms in total. The Morgan fingerprint density at radius 2 is 1.68 bits per heavy atom. The Balaban J connectivity index is 1.84. The number of aryl methyl sites for hydroxylation is 1. The van der Waals surface area contributed by atoms with Gasteiger partial charge < -0.3 is 19.6 Å². The Morgan fingerprint density at radius 1 is 0.929 bits per heavy atom. The van der Waals surface area contributed by atoms with Crippen molar-refractivity contribution in [3.63, 3.8) is 0 Å². The zero-order valence-corrected chi connectivity index (χ0v) is 16.5. The molecule has 0 saturated heterocycles. The molecule has 0 aliphatic rings. The summed E-state index contributed by atoms with van der Waals surface area (Å²) in [4.78, 5) is 12.7. The average Bonchev–Trinajstić information content (AvgIpc) is 2.73. The van der Waals surface area contributed by atoms with E-state index in [4.69, 9.17) is 19.6 Å². The van der Waals surface area contributed by atoms with Crippen molar-refractivity contribution in [1.82, 2.24) is 0 Å². The van der Waals surface area contributed by atoms with E-state index in [0.29, 0.717) is 28.2 Å². The summed E-state index contributed by atoms with van der Waals surface area (Å²) in [5, 5.41) is 0.418. The summed E-state index contributed by atoms with van der Waals surface area (Å²) in [7, 11) is 3.09. The lowest BCUT2D eigenvalue weighted by molar-refractivity contribution is 0.396. The van der Waals surface area contributed by atoms with Gasteiger partial charge in [0.1, 0.15) is 28.2 Å². The third-order valence-electron chi connectivity index (χ3n) is 4.88. The minimum atomic E-state index is -0.139. The minimum absolute atomic E-state index is 0.139. The number of rotatable bonds is 9. The van der Waals surface area contributed by atoms with Crippen molar-refractivity contribution >= 4 is 11.0 Å². The molecule has 0 aliphatic heterocycles. The SMILES string of the molecule is COc1cc(OC)c2c(=O)cc(-c3ccc(CCCCCCN)cc3)oc2c1. The van der Waals surface area contributed by atoms with E-state index in [0.717, 1.165) is 31.4 Å². The van der Waals surface area contributed by atoms with E-state index in [9.17, 15) is 4.79 Å². The number of hydrogen-bond acceptors (Lipinski definition) is 5. The third kappa shape index (κ3) is 4.54. The molecule has 1 aromatic heterocycles. The summed E-state index contributed by atoms with van der Waals surface area (Å²) in [6.45, 7) is 0.767. The van der Waals surface area contributed by atoms with Crippen LogP contribution < -0.4 is 20.6 Å². The molecule has 5 heteroatoms. The van der Waals surface area contributed by atoms with Crippen LogP contribution in [0, 0.1) is 0 Å². The van der Waals surface area contributed by atoms with Crippen LogP contribution in [0.1, 0.15) is 31.2 Å². The first-order valence-electron chi connectivity index (χ1n) is 9.65. The molecule has 3 rings (SSSR count). The molecular weight excluding hydrogens is 354 g/mol. The lowest BCUT2D eigenvalue weighted by Gasteiger charge is -2.09. The van der Waals surface area contributed by atoms with Gasteiger partial charge in [0, 0.05) is 23.8 Å². The number of hydrogen-bond donors (Lipinski definition) is 1. The van der Waals surface area contributed by atoms with Gasteiger partial charge in [0.25, 0.3) is 0 Å². The minimum Gasteiger partial charge on any atom is -0.496 e. The summed E-state index contributed by atoms with van der Waals surface area (Å²) >= 11 is 0. The van der Waals surface area contributed by atoms with Crippen LogP contribution >= 0.6 is 0 Å². The van der Waals surface area contributed by atoms with Gasteiger partial charge in [0.15, 0.2) is 5.43 Å². The van der Waals surface area contributed by atoms with Gasteiger partial charge in [-0.15, -0.1) is 0 Å². The molecule has 0 bridgehead atoms. The maximum absolute atomic E-state index is 12.7. The van der Waals surface area contributed by atoms with Crippen molar-refractivity contribution in [2.24, 2.45) is 5.73 Å². The highest BCUT2D eigenvalue weighted by Gasteiger charge is 2.13. The van der Waals surface area contributed by atoms with Gasteiger partial charge in [0.05, 0.1) is 14.2 Å². The van der Waals surface area contributed by atoms with E-state index in [1.165, 1.54) is 31.6 Å². The Bertz CT molecular complexity index is 976. The van der Waals surface area contributed by atoms with Gasteiger partial charge in [-0.25, -0.2) is 0 Å². The number of nitrogens with two attached hydrogens (primary N) is 1. The lowest BCUT2D eigenvalue weighted by atomic mass is 10.0. The van der Waals surface area contributed by atoms with Crippen LogP contribution in [-0.2, 0) is 6.42 Å². The monoisotopic (exact) mass is 381 g/mol. The quantitative estimate of drug-likeness (QED) is 0.551. The highest BCUT2D eigenvalue weighted by molar-refractivity contribution is 5.86. The van der Waals surface area contributed by atoms with Gasteiger partial charge in [0.2, 0.25) is 0 Å². The summed E-state index contributed by atoms with van der Waals surface area (Å²) < 4.78 is 16.6. The molecule has 3 aromatic rings. The Labute approximate surface area is 165 Å². The summed E-state index contributed by atoms with van der Waals surface area (Å²) in [5.74, 6) is 1.55. The van der Waals surface area contributed by atoms with Crippen molar-refractivity contribution in [3.05, 3.63) is 58.3 Å². The van der Waals surface area contributed by atoms with Crippen molar-refractivity contribution in [2.45, 2.75) is 32.1 Å². The second kappa shape index (κ2) is 9.42. The number of fused-ring (bicyclic) bond motifs is 1. The van der Waals surface area contributed by atoms with Gasteiger partial charge in [-0.1, -0.05) is 37.1 Å². The number of benzene rings is 2. The smallest absolute Gasteiger partial charge is 0.197 e. The Hall–Kier alpha value is -2.79. The predicted octanol–water partition coefficient (Wildman–Crippen LogP) is 4.54. The van der Waals surface area contributed by atoms with Gasteiger partial charge in [-0.2, -0.15) is 0 Å². The topological polar surface area (TPSA) is 74.7 Å². The summed E-state index contributed by atoms with van der Waals surface area (Å²) in [6, 6.07) is 13.1. The number of methoxy groups -OCH3 is 2. The largest absolute Gasteiger partial charge is 0.496 e. The molecule has 0 fully saturated rings. The van der Waals surface area contributed by atoms with Crippen LogP contribution in [0.4, 0.5) is 0 Å². The second-order valence-corrected chi connectivity index (χ2v) is 6.83. The Kier molecular flexibility index (Phi) is 6.71. The molecular formula is C23H27NO4. The second-order valence-electron chi connectivity index (χ2n) is 6.83. The fourth-order valence-corrected chi connectivity index (χ4v) is 3.31.